The molecule has 1 rings (SSSR count). The molecule has 0 aromatic rings. The molecular weight excluding hydrogens is 252 g/mol. The number of hydrogen-bond donors (Lipinski definition) is 3. The number of urea groups is 1. The third-order valence-electron chi connectivity index (χ3n) is 3.31. The zero-order valence-corrected chi connectivity index (χ0v) is 11.4. The minimum absolute atomic E-state index is 0.112. The monoisotopic (exact) mass is 274 g/mol. The van der Waals surface area contributed by atoms with E-state index in [1.807, 2.05) is 0 Å². The van der Waals surface area contributed by atoms with Crippen LogP contribution in [0.2, 0.25) is 0 Å². The van der Waals surface area contributed by atoms with Gasteiger partial charge in [-0.2, -0.15) is 0 Å². The van der Waals surface area contributed by atoms with Gasteiger partial charge < -0.3 is 25.2 Å². The molecule has 7 nitrogen and oxygen atoms in total. The van der Waals surface area contributed by atoms with E-state index >= 15 is 0 Å². The molecular formula is C12H22N2O5. The molecule has 7 heteroatoms. The fraction of sp³-hybridized carbons (Fsp3) is 0.833. The van der Waals surface area contributed by atoms with Crippen molar-refractivity contribution in [3.8, 4) is 0 Å². The molecule has 0 radical (unpaired) electrons. The number of methoxy groups -OCH3 is 1. The summed E-state index contributed by atoms with van der Waals surface area (Å²) < 4.78 is 10.1. The molecule has 19 heavy (non-hydrogen) atoms. The van der Waals surface area contributed by atoms with E-state index in [4.69, 9.17) is 14.6 Å². The Morgan fingerprint density at radius 1 is 1.47 bits per heavy atom. The topological polar surface area (TPSA) is 96.9 Å². The van der Waals surface area contributed by atoms with Crippen molar-refractivity contribution in [1.29, 1.82) is 0 Å². The third kappa shape index (κ3) is 4.36. The first-order chi connectivity index (χ1) is 9.00. The quantitative estimate of drug-likeness (QED) is 0.576. The SMILES string of the molecule is COCCCCNC(=O)NC1COCC1(C)C(=O)O. The van der Waals surface area contributed by atoms with Gasteiger partial charge in [0.15, 0.2) is 0 Å². The van der Waals surface area contributed by atoms with Crippen molar-refractivity contribution in [1.82, 2.24) is 10.6 Å². The van der Waals surface area contributed by atoms with E-state index in [1.54, 1.807) is 14.0 Å². The maximum Gasteiger partial charge on any atom is 0.315 e. The molecule has 0 saturated carbocycles. The van der Waals surface area contributed by atoms with Crippen molar-refractivity contribution in [2.75, 3.05) is 33.5 Å². The van der Waals surface area contributed by atoms with Crippen LogP contribution in [0.4, 0.5) is 4.79 Å². The summed E-state index contributed by atoms with van der Waals surface area (Å²) in [6.45, 7) is 3.11. The van der Waals surface area contributed by atoms with Crippen molar-refractivity contribution in [3.05, 3.63) is 0 Å². The van der Waals surface area contributed by atoms with Crippen LogP contribution in [0.5, 0.6) is 0 Å². The smallest absolute Gasteiger partial charge is 0.315 e. The second kappa shape index (κ2) is 7.30. The number of aliphatic carboxylic acids is 1. The van der Waals surface area contributed by atoms with Crippen LogP contribution in [0.1, 0.15) is 19.8 Å². The van der Waals surface area contributed by atoms with Crippen molar-refractivity contribution in [3.63, 3.8) is 0 Å². The molecule has 0 spiro atoms. The number of ether oxygens (including phenoxy) is 2. The fourth-order valence-electron chi connectivity index (χ4n) is 1.87. The lowest BCUT2D eigenvalue weighted by Crippen LogP contribution is -2.52. The van der Waals surface area contributed by atoms with Crippen molar-refractivity contribution < 1.29 is 24.2 Å². The van der Waals surface area contributed by atoms with Crippen LogP contribution >= 0.6 is 0 Å². The van der Waals surface area contributed by atoms with E-state index in [0.29, 0.717) is 13.2 Å². The summed E-state index contributed by atoms with van der Waals surface area (Å²) in [4.78, 5) is 22.8. The Balaban J connectivity index is 2.30. The molecule has 1 aliphatic heterocycles. The highest BCUT2D eigenvalue weighted by Gasteiger charge is 2.47. The zero-order valence-electron chi connectivity index (χ0n) is 11.4. The number of carboxylic acids is 1. The summed E-state index contributed by atoms with van der Waals surface area (Å²) in [6.07, 6.45) is 1.69. The Morgan fingerprint density at radius 3 is 2.84 bits per heavy atom. The number of carbonyl (C=O) groups is 2. The lowest BCUT2D eigenvalue weighted by molar-refractivity contribution is -0.148. The van der Waals surface area contributed by atoms with Crippen LogP contribution in [-0.2, 0) is 14.3 Å². The molecule has 1 heterocycles. The first-order valence-electron chi connectivity index (χ1n) is 6.35. The predicted octanol–water partition coefficient (Wildman–Crippen LogP) is 0.202. The Morgan fingerprint density at radius 2 is 2.21 bits per heavy atom. The van der Waals surface area contributed by atoms with Crippen LogP contribution in [0.25, 0.3) is 0 Å². The summed E-state index contributed by atoms with van der Waals surface area (Å²) in [5, 5.41) is 14.5. The predicted molar refractivity (Wildman–Crippen MR) is 68.0 cm³/mol. The molecule has 3 N–H and O–H groups in total. The van der Waals surface area contributed by atoms with Gasteiger partial charge in [-0.1, -0.05) is 0 Å². The molecule has 110 valence electrons. The number of hydrogen-bond acceptors (Lipinski definition) is 4. The Hall–Kier alpha value is -1.34. The summed E-state index contributed by atoms with van der Waals surface area (Å²) in [5.74, 6) is -0.963. The van der Waals surface area contributed by atoms with E-state index in [0.717, 1.165) is 12.8 Å². The van der Waals surface area contributed by atoms with Gasteiger partial charge in [-0.3, -0.25) is 4.79 Å². The van der Waals surface area contributed by atoms with Crippen LogP contribution in [0, 0.1) is 5.41 Å². The second-order valence-electron chi connectivity index (χ2n) is 4.89. The lowest BCUT2D eigenvalue weighted by atomic mass is 9.85. The molecule has 1 saturated heterocycles. The summed E-state index contributed by atoms with van der Waals surface area (Å²) in [7, 11) is 1.63. The molecule has 2 amide bonds. The summed E-state index contributed by atoms with van der Waals surface area (Å²) >= 11 is 0. The van der Waals surface area contributed by atoms with E-state index in [9.17, 15) is 9.59 Å². The highest BCUT2D eigenvalue weighted by atomic mass is 16.5. The van der Waals surface area contributed by atoms with Gasteiger partial charge in [-0.15, -0.1) is 0 Å². The number of unbranched alkanes of at least 4 members (excludes halogenated alkanes) is 1. The first-order valence-corrected chi connectivity index (χ1v) is 6.35. The van der Waals surface area contributed by atoms with E-state index < -0.39 is 17.4 Å². The first kappa shape index (κ1) is 15.7. The minimum Gasteiger partial charge on any atom is -0.481 e. The van der Waals surface area contributed by atoms with Gasteiger partial charge in [-0.05, 0) is 19.8 Å². The van der Waals surface area contributed by atoms with Crippen LogP contribution < -0.4 is 10.6 Å². The van der Waals surface area contributed by atoms with Gasteiger partial charge in [0.1, 0.15) is 5.41 Å². The molecule has 2 atom stereocenters. The molecule has 1 fully saturated rings. The lowest BCUT2D eigenvalue weighted by Gasteiger charge is -2.25. The number of nitrogens with one attached hydrogen (secondary N) is 2. The van der Waals surface area contributed by atoms with E-state index in [-0.39, 0.29) is 19.2 Å². The van der Waals surface area contributed by atoms with E-state index in [1.165, 1.54) is 0 Å². The maximum atomic E-state index is 11.6. The molecule has 0 aliphatic carbocycles. The summed E-state index contributed by atoms with van der Waals surface area (Å²) in [6, 6.07) is -0.871. The minimum atomic E-state index is -1.06. The molecule has 0 bridgehead atoms. The molecule has 2 unspecified atom stereocenters. The van der Waals surface area contributed by atoms with Gasteiger partial charge in [-0.25, -0.2) is 4.79 Å². The summed E-state index contributed by atoms with van der Waals surface area (Å²) in [5.41, 5.74) is -1.06. The number of carboxylic acid groups (broad SMARTS) is 1. The number of rotatable bonds is 7. The molecule has 0 aromatic heterocycles. The highest BCUT2D eigenvalue weighted by Crippen LogP contribution is 2.28. The van der Waals surface area contributed by atoms with Gasteiger partial charge in [0, 0.05) is 20.3 Å². The number of carbonyl (C=O) groups excluding carboxylic acids is 1. The van der Waals surface area contributed by atoms with Gasteiger partial charge in [0.05, 0.1) is 19.3 Å². The average molecular weight is 274 g/mol. The average Bonchev–Trinajstić information content (AvgIpc) is 2.72. The van der Waals surface area contributed by atoms with E-state index in [2.05, 4.69) is 10.6 Å². The largest absolute Gasteiger partial charge is 0.481 e. The Labute approximate surface area is 112 Å². The Kier molecular flexibility index (Phi) is 6.04. The molecule has 1 aliphatic rings. The number of amides is 2. The van der Waals surface area contributed by atoms with Crippen molar-refractivity contribution >= 4 is 12.0 Å². The van der Waals surface area contributed by atoms with Gasteiger partial charge in [0.25, 0.3) is 0 Å². The molecule has 0 aromatic carbocycles. The highest BCUT2D eigenvalue weighted by molar-refractivity contribution is 5.79. The van der Waals surface area contributed by atoms with Crippen molar-refractivity contribution in [2.24, 2.45) is 5.41 Å². The second-order valence-corrected chi connectivity index (χ2v) is 4.89. The Bertz CT molecular complexity index is 323. The van der Waals surface area contributed by atoms with Crippen LogP contribution in [0.15, 0.2) is 0 Å². The fourth-order valence-corrected chi connectivity index (χ4v) is 1.87. The van der Waals surface area contributed by atoms with Crippen molar-refractivity contribution in [2.45, 2.75) is 25.8 Å². The van der Waals surface area contributed by atoms with Crippen LogP contribution in [-0.4, -0.2) is 56.6 Å². The van der Waals surface area contributed by atoms with Gasteiger partial charge >= 0.3 is 12.0 Å². The van der Waals surface area contributed by atoms with Crippen LogP contribution in [0.3, 0.4) is 0 Å². The third-order valence-corrected chi connectivity index (χ3v) is 3.31. The normalized spacial score (nSPS) is 26.1. The standard InChI is InChI=1S/C12H22N2O5/c1-12(10(15)16)8-19-7-9(12)14-11(17)13-5-3-4-6-18-2/h9H,3-8H2,1-2H3,(H,15,16)(H2,13,14,17). The zero-order chi connectivity index (χ0) is 14.3. The van der Waals surface area contributed by atoms with Gasteiger partial charge in [0.2, 0.25) is 0 Å². The maximum absolute atomic E-state index is 11.6.